The number of amides is 1. The smallest absolute Gasteiger partial charge is 0.306 e. The van der Waals surface area contributed by atoms with Gasteiger partial charge in [-0.2, -0.15) is 0 Å². The highest BCUT2D eigenvalue weighted by atomic mass is 16.4. The van der Waals surface area contributed by atoms with Gasteiger partial charge in [0.25, 0.3) is 0 Å². The van der Waals surface area contributed by atoms with Crippen LogP contribution < -0.4 is 4.90 Å². The van der Waals surface area contributed by atoms with Gasteiger partial charge in [-0.15, -0.1) is 0 Å². The predicted molar refractivity (Wildman–Crippen MR) is 98.5 cm³/mol. The summed E-state index contributed by atoms with van der Waals surface area (Å²) < 4.78 is 0. The van der Waals surface area contributed by atoms with Crippen molar-refractivity contribution in [2.75, 3.05) is 31.1 Å². The summed E-state index contributed by atoms with van der Waals surface area (Å²) in [7, 11) is 0. The maximum atomic E-state index is 12.7. The average molecular weight is 360 g/mol. The number of nitrogens with zero attached hydrogens (tertiary/aromatic N) is 4. The number of carboxylic acids is 1. The van der Waals surface area contributed by atoms with E-state index in [1.165, 1.54) is 0 Å². The number of rotatable bonds is 5. The first kappa shape index (κ1) is 18.6. The van der Waals surface area contributed by atoms with Crippen LogP contribution in [0.5, 0.6) is 0 Å². The lowest BCUT2D eigenvalue weighted by atomic mass is 9.85. The van der Waals surface area contributed by atoms with Crippen LogP contribution in [0, 0.1) is 5.92 Å². The van der Waals surface area contributed by atoms with Gasteiger partial charge >= 0.3 is 5.97 Å². The first-order chi connectivity index (χ1) is 12.6. The first-order valence-electron chi connectivity index (χ1n) is 9.54. The second kappa shape index (κ2) is 8.49. The highest BCUT2D eigenvalue weighted by molar-refractivity contribution is 5.76. The third-order valence-electron chi connectivity index (χ3n) is 5.49. The zero-order valence-electron chi connectivity index (χ0n) is 15.4. The molecule has 0 bridgehead atoms. The molecular formula is C19H28N4O3. The Kier molecular flexibility index (Phi) is 6.08. The molecule has 2 fully saturated rings. The summed E-state index contributed by atoms with van der Waals surface area (Å²) in [6.45, 7) is 5.09. The van der Waals surface area contributed by atoms with Crippen LogP contribution in [0.2, 0.25) is 0 Å². The van der Waals surface area contributed by atoms with Crippen LogP contribution in [0.25, 0.3) is 0 Å². The monoisotopic (exact) mass is 360 g/mol. The largest absolute Gasteiger partial charge is 0.481 e. The molecule has 1 saturated carbocycles. The van der Waals surface area contributed by atoms with E-state index < -0.39 is 5.97 Å². The van der Waals surface area contributed by atoms with Crippen LogP contribution in [0.15, 0.2) is 24.5 Å². The number of carbonyl (C=O) groups is 2. The Hall–Kier alpha value is -2.15. The lowest BCUT2D eigenvalue weighted by Gasteiger charge is -2.46. The molecule has 1 aromatic heterocycles. The lowest BCUT2D eigenvalue weighted by Crippen LogP contribution is -2.59. The molecule has 142 valence electrons. The van der Waals surface area contributed by atoms with Crippen LogP contribution in [0.1, 0.15) is 39.0 Å². The van der Waals surface area contributed by atoms with Gasteiger partial charge in [-0.3, -0.25) is 19.6 Å². The minimum Gasteiger partial charge on any atom is -0.481 e. The highest BCUT2D eigenvalue weighted by Crippen LogP contribution is 2.30. The third-order valence-corrected chi connectivity index (χ3v) is 5.49. The highest BCUT2D eigenvalue weighted by Gasteiger charge is 2.36. The van der Waals surface area contributed by atoms with Gasteiger partial charge in [0.15, 0.2) is 0 Å². The molecule has 0 radical (unpaired) electrons. The molecule has 1 saturated heterocycles. The molecule has 1 aromatic rings. The second-order valence-corrected chi connectivity index (χ2v) is 7.09. The van der Waals surface area contributed by atoms with E-state index in [1.807, 2.05) is 24.1 Å². The Morgan fingerprint density at radius 2 is 1.88 bits per heavy atom. The number of carbonyl (C=O) groups excluding carboxylic acids is 1. The zero-order valence-corrected chi connectivity index (χ0v) is 15.4. The van der Waals surface area contributed by atoms with E-state index in [1.54, 1.807) is 12.4 Å². The van der Waals surface area contributed by atoms with Gasteiger partial charge in [0.05, 0.1) is 5.92 Å². The normalized spacial score (nSPS) is 24.3. The summed E-state index contributed by atoms with van der Waals surface area (Å²) in [4.78, 5) is 30.4. The number of hydrazine groups is 1. The van der Waals surface area contributed by atoms with E-state index in [-0.39, 0.29) is 17.9 Å². The Balaban J connectivity index is 1.67. The lowest BCUT2D eigenvalue weighted by molar-refractivity contribution is -0.162. The number of pyridine rings is 1. The summed E-state index contributed by atoms with van der Waals surface area (Å²) in [5, 5.41) is 13.4. The van der Waals surface area contributed by atoms with Gasteiger partial charge < -0.3 is 10.0 Å². The fourth-order valence-corrected chi connectivity index (χ4v) is 4.09. The first-order valence-corrected chi connectivity index (χ1v) is 9.54. The predicted octanol–water partition coefficient (Wildman–Crippen LogP) is 2.00. The standard InChI is InChI=1S/C19H28N4O3/c1-2-18(24)23(17-5-3-4-15(14-17)19(25)26)22-12-10-21(11-13-22)16-6-8-20-9-7-16/h6-9,15,17H,2-5,10-14H2,1H3,(H,25,26). The molecule has 3 rings (SSSR count). The van der Waals surface area contributed by atoms with Crippen LogP contribution in [0.3, 0.4) is 0 Å². The average Bonchev–Trinajstić information content (AvgIpc) is 2.69. The molecule has 2 heterocycles. The van der Waals surface area contributed by atoms with Gasteiger partial charge in [0, 0.05) is 56.7 Å². The SMILES string of the molecule is CCC(=O)N(C1CCCC(C(=O)O)C1)N1CCN(c2ccncc2)CC1. The quantitative estimate of drug-likeness (QED) is 0.865. The second-order valence-electron chi connectivity index (χ2n) is 7.09. The molecule has 1 aliphatic carbocycles. The molecule has 7 heteroatoms. The maximum Gasteiger partial charge on any atom is 0.306 e. The van der Waals surface area contributed by atoms with Crippen LogP contribution >= 0.6 is 0 Å². The van der Waals surface area contributed by atoms with Crippen molar-refractivity contribution in [3.05, 3.63) is 24.5 Å². The zero-order chi connectivity index (χ0) is 18.5. The minimum absolute atomic E-state index is 0.00442. The number of aromatic nitrogens is 1. The van der Waals surface area contributed by atoms with Gasteiger partial charge in [0.1, 0.15) is 0 Å². The molecule has 1 aliphatic heterocycles. The topological polar surface area (TPSA) is 77.0 Å². The number of piperazine rings is 1. The Bertz CT molecular complexity index is 616. The molecule has 2 unspecified atom stereocenters. The van der Waals surface area contributed by atoms with E-state index in [0.29, 0.717) is 12.8 Å². The van der Waals surface area contributed by atoms with Crippen molar-refractivity contribution in [1.82, 2.24) is 15.0 Å². The van der Waals surface area contributed by atoms with Crippen molar-refractivity contribution in [2.45, 2.75) is 45.1 Å². The fraction of sp³-hybridized carbons (Fsp3) is 0.632. The van der Waals surface area contributed by atoms with E-state index in [9.17, 15) is 14.7 Å². The number of hydrogen-bond acceptors (Lipinski definition) is 5. The van der Waals surface area contributed by atoms with Gasteiger partial charge in [0.2, 0.25) is 5.91 Å². The van der Waals surface area contributed by atoms with E-state index in [0.717, 1.165) is 51.1 Å². The van der Waals surface area contributed by atoms with Crippen molar-refractivity contribution < 1.29 is 14.7 Å². The number of hydrogen-bond donors (Lipinski definition) is 1. The molecule has 26 heavy (non-hydrogen) atoms. The summed E-state index contributed by atoms with van der Waals surface area (Å²) >= 11 is 0. The van der Waals surface area contributed by atoms with Crippen molar-refractivity contribution in [1.29, 1.82) is 0 Å². The van der Waals surface area contributed by atoms with E-state index >= 15 is 0 Å². The summed E-state index contributed by atoms with van der Waals surface area (Å²) in [5.74, 6) is -0.974. The molecule has 0 aromatic carbocycles. The van der Waals surface area contributed by atoms with Gasteiger partial charge in [-0.1, -0.05) is 13.3 Å². The minimum atomic E-state index is -0.735. The number of anilines is 1. The van der Waals surface area contributed by atoms with Crippen molar-refractivity contribution in [3.63, 3.8) is 0 Å². The Labute approximate surface area is 154 Å². The van der Waals surface area contributed by atoms with Crippen LogP contribution in [0.4, 0.5) is 5.69 Å². The third kappa shape index (κ3) is 4.15. The van der Waals surface area contributed by atoms with E-state index in [2.05, 4.69) is 14.9 Å². The number of carboxylic acid groups (broad SMARTS) is 1. The Morgan fingerprint density at radius 3 is 2.50 bits per heavy atom. The van der Waals surface area contributed by atoms with Crippen molar-refractivity contribution in [3.8, 4) is 0 Å². The molecular weight excluding hydrogens is 332 g/mol. The molecule has 2 aliphatic rings. The fourth-order valence-electron chi connectivity index (χ4n) is 4.09. The van der Waals surface area contributed by atoms with Crippen LogP contribution in [-0.2, 0) is 9.59 Å². The van der Waals surface area contributed by atoms with Crippen molar-refractivity contribution in [2.24, 2.45) is 5.92 Å². The summed E-state index contributed by atoms with van der Waals surface area (Å²) in [6.07, 6.45) is 7.07. The van der Waals surface area contributed by atoms with Crippen molar-refractivity contribution >= 4 is 17.6 Å². The Morgan fingerprint density at radius 1 is 1.19 bits per heavy atom. The maximum absolute atomic E-state index is 12.7. The molecule has 7 nitrogen and oxygen atoms in total. The van der Waals surface area contributed by atoms with Gasteiger partial charge in [-0.25, -0.2) is 5.01 Å². The van der Waals surface area contributed by atoms with E-state index in [4.69, 9.17) is 0 Å². The molecule has 1 N–H and O–H groups in total. The summed E-state index contributed by atoms with van der Waals surface area (Å²) in [5.41, 5.74) is 1.15. The number of aliphatic carboxylic acids is 1. The van der Waals surface area contributed by atoms with Gasteiger partial charge in [-0.05, 0) is 31.4 Å². The molecule has 0 spiro atoms. The summed E-state index contributed by atoms with van der Waals surface area (Å²) in [6, 6.07) is 4.01. The van der Waals surface area contributed by atoms with Crippen LogP contribution in [-0.4, -0.2) is 64.2 Å². The molecule has 1 amide bonds. The molecule has 2 atom stereocenters.